The van der Waals surface area contributed by atoms with Crippen LogP contribution in [0.25, 0.3) is 0 Å². The maximum Gasteiger partial charge on any atom is 0.133 e. The third kappa shape index (κ3) is 6.90. The first-order chi connectivity index (χ1) is 17.4. The van der Waals surface area contributed by atoms with Gasteiger partial charge in [0.1, 0.15) is 11.5 Å². The second-order valence-corrected chi connectivity index (χ2v) is 11.7. The summed E-state index contributed by atoms with van der Waals surface area (Å²) in [6.45, 7) is 13.6. The minimum Gasteiger partial charge on any atom is -0.494 e. The van der Waals surface area contributed by atoms with Gasteiger partial charge in [0.05, 0.1) is 12.7 Å². The van der Waals surface area contributed by atoms with E-state index < -0.39 is 0 Å². The fraction of sp³-hybridized carbons (Fsp3) is 0.781. The van der Waals surface area contributed by atoms with E-state index in [1.54, 1.807) is 0 Å². The number of thiol groups is 1. The highest BCUT2D eigenvalue weighted by Crippen LogP contribution is 2.65. The molecule has 0 heterocycles. The molecule has 0 amide bonds. The number of hydrogen-bond acceptors (Lipinski definition) is 4. The number of para-hydroxylation sites is 1. The number of Topliss-reactive ketones (excluding diaryl/α,β-unsaturated/α-hetero) is 1. The van der Waals surface area contributed by atoms with Crippen molar-refractivity contribution in [1.82, 2.24) is 0 Å². The fourth-order valence-electron chi connectivity index (χ4n) is 7.79. The number of hydrogen-bond donors (Lipinski definition) is 2. The van der Waals surface area contributed by atoms with Crippen LogP contribution < -0.4 is 4.74 Å². The van der Waals surface area contributed by atoms with Crippen molar-refractivity contribution in [3.63, 3.8) is 0 Å². The van der Waals surface area contributed by atoms with Crippen molar-refractivity contribution < 1.29 is 14.6 Å². The van der Waals surface area contributed by atoms with Gasteiger partial charge in [-0.1, -0.05) is 59.7 Å². The van der Waals surface area contributed by atoms with Crippen LogP contribution in [0.5, 0.6) is 5.75 Å². The third-order valence-electron chi connectivity index (χ3n) is 9.75. The minimum absolute atomic E-state index is 0.0677. The zero-order chi connectivity index (χ0) is 26.8. The molecular weight excluding hydrogens is 464 g/mol. The highest BCUT2D eigenvalue weighted by Gasteiger charge is 2.59. The van der Waals surface area contributed by atoms with Gasteiger partial charge in [0.2, 0.25) is 0 Å². The standard InChI is InChI=1S/C19H30O2.C9H12OS.2C2H6/c1-18-9-7-13(20)11-12(18)3-4-14-15-5-6-17(21)19(15,2)10-8-16(14)18;11-8-4-7-10-9-5-2-1-3-6-9;2*1-2/h12,14-17,21H,3-11H2,1-2H3;1-3,5-6,11H,4,7-8H2;2*1-2H3. The zero-order valence-corrected chi connectivity index (χ0v) is 24.9. The van der Waals surface area contributed by atoms with Gasteiger partial charge in [0.25, 0.3) is 0 Å². The molecule has 7 unspecified atom stereocenters. The van der Waals surface area contributed by atoms with Crippen LogP contribution in [0.4, 0.5) is 0 Å². The smallest absolute Gasteiger partial charge is 0.133 e. The van der Waals surface area contributed by atoms with E-state index in [2.05, 4.69) is 26.5 Å². The van der Waals surface area contributed by atoms with Crippen LogP contribution in [-0.4, -0.2) is 29.4 Å². The van der Waals surface area contributed by atoms with E-state index in [1.165, 1.54) is 32.1 Å². The van der Waals surface area contributed by atoms with Crippen molar-refractivity contribution in [2.45, 2.75) is 112 Å². The van der Waals surface area contributed by atoms with Crippen LogP contribution in [0.15, 0.2) is 30.3 Å². The molecule has 0 bridgehead atoms. The van der Waals surface area contributed by atoms with Crippen LogP contribution in [0, 0.1) is 34.5 Å². The number of rotatable bonds is 4. The van der Waals surface area contributed by atoms with Crippen molar-refractivity contribution >= 4 is 18.4 Å². The molecule has 1 aromatic carbocycles. The SMILES string of the molecule is CC.CC.CC12CCC3C(CCC4CC(=O)CCC43C)C1CCC2O.SCCCOc1ccccc1. The summed E-state index contributed by atoms with van der Waals surface area (Å²) in [4.78, 5) is 11.9. The number of aliphatic hydroxyl groups is 1. The predicted molar refractivity (Wildman–Crippen MR) is 156 cm³/mol. The third-order valence-corrected chi connectivity index (χ3v) is 10.1. The van der Waals surface area contributed by atoms with E-state index in [0.29, 0.717) is 17.1 Å². The maximum absolute atomic E-state index is 11.9. The molecular formula is C32H54O3S. The summed E-state index contributed by atoms with van der Waals surface area (Å²) >= 11 is 4.09. The van der Waals surface area contributed by atoms with Crippen molar-refractivity contribution in [3.05, 3.63) is 30.3 Å². The Labute approximate surface area is 227 Å². The second kappa shape index (κ2) is 14.8. The van der Waals surface area contributed by atoms with E-state index in [0.717, 1.165) is 68.0 Å². The van der Waals surface area contributed by atoms with Gasteiger partial charge in [-0.3, -0.25) is 4.79 Å². The lowest BCUT2D eigenvalue weighted by Gasteiger charge is -2.60. The Bertz CT molecular complexity index is 768. The van der Waals surface area contributed by atoms with Crippen molar-refractivity contribution in [2.24, 2.45) is 34.5 Å². The number of carbonyl (C=O) groups excluding carboxylic acids is 1. The summed E-state index contributed by atoms with van der Waals surface area (Å²) in [6, 6.07) is 9.83. The quantitative estimate of drug-likeness (QED) is 0.311. The normalized spacial score (nSPS) is 36.2. The highest BCUT2D eigenvalue weighted by molar-refractivity contribution is 7.80. The molecule has 7 atom stereocenters. The molecule has 1 aromatic rings. The summed E-state index contributed by atoms with van der Waals surface area (Å²) in [5.41, 5.74) is 0.598. The average Bonchev–Trinajstić information content (AvgIpc) is 3.22. The minimum atomic E-state index is -0.0677. The first kappa shape index (κ1) is 31.2. The maximum atomic E-state index is 11.9. The molecule has 0 aromatic heterocycles. The summed E-state index contributed by atoms with van der Waals surface area (Å²) in [5.74, 6) is 5.34. The molecule has 36 heavy (non-hydrogen) atoms. The van der Waals surface area contributed by atoms with Gasteiger partial charge < -0.3 is 9.84 Å². The topological polar surface area (TPSA) is 46.5 Å². The van der Waals surface area contributed by atoms with Crippen molar-refractivity contribution in [2.75, 3.05) is 12.4 Å². The number of fused-ring (bicyclic) bond motifs is 5. The lowest BCUT2D eigenvalue weighted by atomic mass is 9.45. The summed E-state index contributed by atoms with van der Waals surface area (Å²) in [6.07, 6.45) is 11.0. The molecule has 206 valence electrons. The first-order valence-electron chi connectivity index (χ1n) is 14.9. The van der Waals surface area contributed by atoms with Gasteiger partial charge in [-0.2, -0.15) is 12.6 Å². The number of ketones is 1. The lowest BCUT2D eigenvalue weighted by Crippen LogP contribution is -2.54. The monoisotopic (exact) mass is 518 g/mol. The van der Waals surface area contributed by atoms with E-state index in [9.17, 15) is 9.90 Å². The Morgan fingerprint density at radius 3 is 2.25 bits per heavy atom. The molecule has 4 heteroatoms. The highest BCUT2D eigenvalue weighted by atomic mass is 32.1. The summed E-state index contributed by atoms with van der Waals surface area (Å²) < 4.78 is 5.40. The molecule has 4 saturated carbocycles. The van der Waals surface area contributed by atoms with Gasteiger partial charge in [0.15, 0.2) is 0 Å². The lowest BCUT2D eigenvalue weighted by molar-refractivity contribution is -0.141. The van der Waals surface area contributed by atoms with E-state index in [-0.39, 0.29) is 11.5 Å². The van der Waals surface area contributed by atoms with E-state index >= 15 is 0 Å². The predicted octanol–water partition coefficient (Wildman–Crippen LogP) is 8.40. The second-order valence-electron chi connectivity index (χ2n) is 11.3. The number of ether oxygens (including phenoxy) is 1. The molecule has 0 spiro atoms. The Hall–Kier alpha value is -1.00. The number of aliphatic hydroxyl groups excluding tert-OH is 1. The van der Waals surface area contributed by atoms with Crippen LogP contribution in [0.2, 0.25) is 0 Å². The average molecular weight is 519 g/mol. The fourth-order valence-corrected chi connectivity index (χ4v) is 7.92. The van der Waals surface area contributed by atoms with Crippen LogP contribution in [-0.2, 0) is 4.79 Å². The molecule has 3 nitrogen and oxygen atoms in total. The van der Waals surface area contributed by atoms with Gasteiger partial charge in [-0.05, 0) is 104 Å². The molecule has 0 saturated heterocycles. The Balaban J connectivity index is 0.000000259. The Kier molecular flexibility index (Phi) is 12.8. The van der Waals surface area contributed by atoms with E-state index in [1.807, 2.05) is 58.0 Å². The van der Waals surface area contributed by atoms with Gasteiger partial charge >= 0.3 is 0 Å². The van der Waals surface area contributed by atoms with Gasteiger partial charge in [-0.25, -0.2) is 0 Å². The van der Waals surface area contributed by atoms with Crippen molar-refractivity contribution in [1.29, 1.82) is 0 Å². The van der Waals surface area contributed by atoms with Gasteiger partial charge in [-0.15, -0.1) is 0 Å². The molecule has 0 aliphatic heterocycles. The molecule has 4 aliphatic carbocycles. The Morgan fingerprint density at radius 1 is 0.917 bits per heavy atom. The Morgan fingerprint density at radius 2 is 1.58 bits per heavy atom. The van der Waals surface area contributed by atoms with Crippen molar-refractivity contribution in [3.8, 4) is 5.75 Å². The number of benzene rings is 1. The van der Waals surface area contributed by atoms with Crippen LogP contribution in [0.3, 0.4) is 0 Å². The molecule has 4 fully saturated rings. The molecule has 1 N–H and O–H groups in total. The van der Waals surface area contributed by atoms with Crippen LogP contribution in [0.1, 0.15) is 106 Å². The summed E-state index contributed by atoms with van der Waals surface area (Å²) in [7, 11) is 0. The molecule has 4 aliphatic rings. The number of carbonyl (C=O) groups is 1. The summed E-state index contributed by atoms with van der Waals surface area (Å²) in [5, 5.41) is 10.5. The first-order valence-corrected chi connectivity index (χ1v) is 15.5. The molecule has 0 radical (unpaired) electrons. The zero-order valence-electron chi connectivity index (χ0n) is 24.0. The van der Waals surface area contributed by atoms with Crippen LogP contribution >= 0.6 is 12.6 Å². The van der Waals surface area contributed by atoms with E-state index in [4.69, 9.17) is 4.74 Å². The molecule has 5 rings (SSSR count). The largest absolute Gasteiger partial charge is 0.494 e. The van der Waals surface area contributed by atoms with Gasteiger partial charge in [0, 0.05) is 12.8 Å².